The molecule has 0 aromatic carbocycles. The van der Waals surface area contributed by atoms with Gasteiger partial charge in [-0.25, -0.2) is 0 Å². The lowest BCUT2D eigenvalue weighted by Gasteiger charge is -3.86. The molecule has 0 amide bonds. The van der Waals surface area contributed by atoms with Gasteiger partial charge in [0.1, 0.15) is 0 Å². The quantitative estimate of drug-likeness (QED) is 0.227. The molecule has 0 nitrogen and oxygen atoms in total. The Morgan fingerprint density at radius 3 is 0.585 bits per heavy atom. The normalized spacial score (nSPS) is 161. The largest absolute Gasteiger partial charge is 0.0464 e. The minimum atomic E-state index is 1.05. The second kappa shape index (κ2) is 4.90. The van der Waals surface area contributed by atoms with Gasteiger partial charge in [0.15, 0.2) is 0 Å². The second-order valence-corrected chi connectivity index (χ2v) is 84.6. The van der Waals surface area contributed by atoms with Crippen LogP contribution >= 0.6 is 0 Å². The molecule has 119 atom stereocenters. The van der Waals surface area contributed by atoms with Gasteiger partial charge in [0, 0.05) is 0 Å². The Balaban J connectivity index is 0.575. The van der Waals surface area contributed by atoms with Crippen LogP contribution in [0.4, 0.5) is 0 Å². The van der Waals surface area contributed by atoms with Crippen LogP contribution in [0.3, 0.4) is 0 Å². The first-order valence-corrected chi connectivity index (χ1v) is 61.3. The van der Waals surface area contributed by atoms with Crippen molar-refractivity contribution in [3.63, 3.8) is 0 Å². The van der Waals surface area contributed by atoms with Gasteiger partial charge >= 0.3 is 0 Å². The van der Waals surface area contributed by atoms with E-state index in [1.807, 2.05) is 12.8 Å². The molecule has 123 heavy (non-hydrogen) atoms. The highest BCUT2D eigenvalue weighted by Gasteiger charge is 3.95. The average molecular weight is 1520 g/mol. The van der Waals surface area contributed by atoms with E-state index in [2.05, 4.69) is 12.8 Å². The van der Waals surface area contributed by atoms with Gasteiger partial charge < -0.3 is 0 Å². The summed E-state index contributed by atoms with van der Waals surface area (Å²) in [6, 6.07) is 0. The highest BCUT2D eigenvalue weighted by Crippen LogP contribution is 4.01. The van der Waals surface area contributed by atoms with Crippen LogP contribution < -0.4 is 0 Å². The van der Waals surface area contributed by atoms with Gasteiger partial charge in [-0.3, -0.25) is 0 Å². The fraction of sp³-hybridized carbons (Fsp3) is 1.00. The number of rotatable bonds is 0. The Morgan fingerprint density at radius 2 is 0.285 bits per heavy atom. The van der Waals surface area contributed by atoms with Crippen LogP contribution in [0.25, 0.3) is 0 Å². The summed E-state index contributed by atoms with van der Waals surface area (Å²) in [5, 5.41) is 0. The molecule has 101 saturated carbocycles. The van der Waals surface area contributed by atoms with Crippen molar-refractivity contribution in [1.82, 2.24) is 0 Å². The van der Waals surface area contributed by atoms with E-state index >= 15 is 0 Å². The molecule has 538 valence electrons. The molecule has 0 bridgehead atoms. The molecular weight excluding hydrogens is 1480 g/mol. The van der Waals surface area contributed by atoms with Gasteiger partial charge in [-0.1, -0.05) is 0 Å². The third-order valence-corrected chi connectivity index (χ3v) is 119. The standard InChI is InChI=1S/C123H46/c1-5-2-7-14-22-28-35-31-24-17-9-4-11-19-26-33-37-36-32-25-18-10-3-8-16-23-30-34-27-20-12-6(1)13-21-29-38-39-40-42-43(5)41-15(7)47(14)54(22)61(28)67(35)63(31)56(24)49(17)45(9,11)51(19)58(26)65(33)70(37)69(36)64(32)57(25)50(18)44(8,10)48(16)55(23)62(30)66(34)59(27)52(20)46(12,13)53(21)60(29)68(38)71(39)72(40)74(42)75(43)73(41,47)79(54)86(61)93(67)88(63)81(56)77(49,51)83(58)91(65)95(70)94(69)90(64)82(57)76(48,50)80(55)87(62)89(66)84(59)78(52,53)85(60)92(68)96(71)97(72)98(74)99(75,79)103(86)110(93)106(88)101(81,83)108(91)112(95)111(94)107(90)100(80,82)104(87)105(89)102(84,85)109(92)113(96)114(97)115(98,103)119(110)118(106,108)121(112)120(111)116(104,107)117(105,109)122(113,120)123(114,119)121/h5-42H,1-4H2. The van der Waals surface area contributed by atoms with Crippen molar-refractivity contribution < 1.29 is 0 Å². The molecule has 0 heterocycles. The highest BCUT2D eigenvalue weighted by atomic mass is 16.0. The van der Waals surface area contributed by atoms with Crippen LogP contribution in [-0.4, -0.2) is 0 Å². The van der Waals surface area contributed by atoms with Crippen molar-refractivity contribution in [2.24, 2.45) is 452 Å². The molecule has 0 aromatic rings. The van der Waals surface area contributed by atoms with Crippen molar-refractivity contribution in [1.29, 1.82) is 0 Å². The molecule has 0 N–H and O–H groups in total. The van der Waals surface area contributed by atoms with E-state index in [1.165, 1.54) is 458 Å². The predicted octanol–water partition coefficient (Wildman–Crippen LogP) is 9.40. The molecule has 0 radical (unpaired) electrons. The van der Waals surface area contributed by atoms with E-state index in [9.17, 15) is 0 Å². The number of hydrogen-bond acceptors (Lipinski definition) is 0. The van der Waals surface area contributed by atoms with Crippen molar-refractivity contribution in [3.05, 3.63) is 211 Å². The van der Waals surface area contributed by atoms with E-state index in [1.54, 1.807) is 0 Å². The SMILES string of the molecule is C1C2C3C4C5C6C7C8C9C%10CC%11C%12C%13C%14C%15C%16C%17C%18C%19C%20CC%21C%22C%23C%24C%25C%26C%27C%28C%29CC1C1%30C%31C%29C%28%29C%27%28C%26%27C%25%26C%24%25C%23%24C%22%23C%21%20C%19%20C%18%19C%17%18C%16%17C%15%16C%14%15C%13%14C%12%13C%10%11C9%10C89C78C67C56C45C34C2C2C3C%11C%12C%21C1C1%22C%21%32C%12%21C%11%12C3%11C24C52C63C74C85C96C%10%13C%147C%158C%169C%17%10C%18%13C%19%14C%23%20C%24%15C%25%16C%26%17C%27%18C%28%19C%31%29C%301C%191C%22%19C%32%20C%21%22C%12%21C%112C32C43C54C67C85C96C%107C%138C%15%14C%169C%17%10C%181C%191C%20%11C%22%12C%212C32C45C63C%122C%112C%101C98C732. The van der Waals surface area contributed by atoms with Gasteiger partial charge in [0.05, 0.1) is 0 Å². The van der Waals surface area contributed by atoms with Crippen molar-refractivity contribution in [2.45, 2.75) is 25.7 Å². The minimum Gasteiger partial charge on any atom is -0.0464 e. The maximum atomic E-state index is 2.11. The molecule has 81 spiro atoms. The first-order valence-electron chi connectivity index (χ1n) is 61.3. The summed E-state index contributed by atoms with van der Waals surface area (Å²) in [5.41, 5.74) is 94.0. The molecule has 0 aliphatic heterocycles. The van der Waals surface area contributed by atoms with Gasteiger partial charge in [-0.2, -0.15) is 0 Å². The van der Waals surface area contributed by atoms with Crippen molar-refractivity contribution in [3.8, 4) is 0 Å². The van der Waals surface area contributed by atoms with Crippen LogP contribution in [0.15, 0.2) is 0 Å². The molecule has 0 heteroatoms. The monoisotopic (exact) mass is 1520 g/mol. The first-order chi connectivity index (χ1) is 61.3. The van der Waals surface area contributed by atoms with Crippen LogP contribution in [0.5, 0.6) is 0 Å². The highest BCUT2D eigenvalue weighted by molar-refractivity contribution is 7.03. The predicted molar refractivity (Wildman–Crippen MR) is 380 cm³/mol. The minimum absolute atomic E-state index is 1.05. The van der Waals surface area contributed by atoms with Crippen LogP contribution in [0.2, 0.25) is 0 Å². The molecule has 101 aliphatic carbocycles. The molecular formula is C123H46. The fourth-order valence-electron chi connectivity index (χ4n) is 160. The molecule has 119 unspecified atom stereocenters. The van der Waals surface area contributed by atoms with Gasteiger partial charge in [-0.05, 0) is 689 Å². The van der Waals surface area contributed by atoms with E-state index in [0.717, 1.165) is 206 Å². The lowest BCUT2D eigenvalue weighted by atomic mass is 8.15. The van der Waals surface area contributed by atoms with Gasteiger partial charge in [0.2, 0.25) is 0 Å². The Morgan fingerprint density at radius 1 is 0.106 bits per heavy atom. The van der Waals surface area contributed by atoms with Gasteiger partial charge in [-0.15, -0.1) is 0 Å². The number of fused-ring (bicyclic) bond motifs is 25. The van der Waals surface area contributed by atoms with Gasteiger partial charge in [0.25, 0.3) is 0 Å². The zero-order chi connectivity index (χ0) is 65.3. The van der Waals surface area contributed by atoms with Crippen molar-refractivity contribution >= 4 is 0 Å². The summed E-state index contributed by atoms with van der Waals surface area (Å²) in [7, 11) is 0. The smallest absolute Gasteiger partial charge is 0.000000207 e. The lowest BCUT2D eigenvalue weighted by Crippen LogP contribution is -3.81. The Kier molecular flexibility index (Phi) is 1.47. The summed E-state index contributed by atoms with van der Waals surface area (Å²) in [4.78, 5) is 0. The van der Waals surface area contributed by atoms with Crippen LogP contribution in [0.1, 0.15) is 25.7 Å². The van der Waals surface area contributed by atoms with E-state index in [-0.39, 0.29) is 0 Å². The van der Waals surface area contributed by atoms with Crippen molar-refractivity contribution in [2.75, 3.05) is 0 Å². The van der Waals surface area contributed by atoms with Crippen LogP contribution in [0, 0.1) is 663 Å². The summed E-state index contributed by atoms with van der Waals surface area (Å²) in [5.74, 6) is 55.8. The van der Waals surface area contributed by atoms with Crippen LogP contribution in [-0.2, 0) is 0 Å². The molecule has 101 aliphatic rings. The molecule has 101 fully saturated rings. The zero-order valence-electron chi connectivity index (χ0n) is 65.3. The Hall–Kier alpha value is 0. The summed E-state index contributed by atoms with van der Waals surface area (Å²) < 4.78 is 0. The average Bonchev–Trinajstić information content (AvgIpc) is 0.493. The summed E-state index contributed by atoms with van der Waals surface area (Å²) in [6.07, 6.45) is 8.13. The maximum absolute atomic E-state index is 2.11. The summed E-state index contributed by atoms with van der Waals surface area (Å²) in [6.45, 7) is 0. The molecule has 0 aromatic heterocycles. The van der Waals surface area contributed by atoms with E-state index in [4.69, 9.17) is 0 Å². The fourth-order valence-corrected chi connectivity index (χ4v) is 160. The zero-order valence-corrected chi connectivity index (χ0v) is 65.3. The maximum Gasteiger partial charge on any atom is -0.000000207 e. The third-order valence-electron chi connectivity index (χ3n) is 119. The second-order valence-electron chi connectivity index (χ2n) is 84.6. The first kappa shape index (κ1) is 36.8. The lowest BCUT2D eigenvalue weighted by molar-refractivity contribution is -1.15. The number of hydrogen-bond donors (Lipinski definition) is 0. The topological polar surface area (TPSA) is 0 Å². The third kappa shape index (κ3) is 0.632. The molecule has 101 rings (SSSR count). The van der Waals surface area contributed by atoms with E-state index in [0.29, 0.717) is 0 Å². The summed E-state index contributed by atoms with van der Waals surface area (Å²) >= 11 is 0. The van der Waals surface area contributed by atoms with E-state index < -0.39 is 0 Å². The molecule has 0 saturated heterocycles. The Labute approximate surface area is 684 Å². The Bertz CT molecular complexity index is 11100.